The summed E-state index contributed by atoms with van der Waals surface area (Å²) in [4.78, 5) is 10.7. The second kappa shape index (κ2) is 8.03. The molecule has 152 valence electrons. The van der Waals surface area contributed by atoms with E-state index in [0.717, 1.165) is 10.4 Å². The summed E-state index contributed by atoms with van der Waals surface area (Å²) < 4.78 is 70.8. The lowest BCUT2D eigenvalue weighted by Crippen LogP contribution is -2.31. The Bertz CT molecular complexity index is 794. The highest BCUT2D eigenvalue weighted by Crippen LogP contribution is 2.34. The third kappa shape index (κ3) is 5.56. The third-order valence-corrected chi connectivity index (χ3v) is 5.82. The maximum absolute atomic E-state index is 13.2. The highest BCUT2D eigenvalue weighted by Gasteiger charge is 2.35. The van der Waals surface area contributed by atoms with Crippen LogP contribution in [0.4, 0.5) is 18.9 Å². The molecule has 1 aliphatic heterocycles. The normalized spacial score (nSPS) is 18.4. The number of hydrogen-bond donors (Lipinski definition) is 2. The Morgan fingerprint density at radius 1 is 1.41 bits per heavy atom. The van der Waals surface area contributed by atoms with Crippen LogP contribution < -0.4 is 5.32 Å². The first kappa shape index (κ1) is 21.5. The quantitative estimate of drug-likeness (QED) is 0.607. The van der Waals surface area contributed by atoms with Crippen molar-refractivity contribution in [1.82, 2.24) is 4.31 Å². The highest BCUT2D eigenvalue weighted by atomic mass is 32.2. The van der Waals surface area contributed by atoms with Crippen LogP contribution in [0.15, 0.2) is 23.1 Å². The van der Waals surface area contributed by atoms with E-state index < -0.39 is 38.7 Å². The predicted molar refractivity (Wildman–Crippen MR) is 91.0 cm³/mol. The monoisotopic (exact) mass is 410 g/mol. The summed E-state index contributed by atoms with van der Waals surface area (Å²) in [5, 5.41) is 11.7. The lowest BCUT2D eigenvalue weighted by atomic mass is 10.1. The van der Waals surface area contributed by atoms with Gasteiger partial charge in [-0.05, 0) is 24.6 Å². The van der Waals surface area contributed by atoms with E-state index in [1.54, 1.807) is 6.92 Å². The Morgan fingerprint density at radius 2 is 2.04 bits per heavy atom. The van der Waals surface area contributed by atoms with Gasteiger partial charge in [-0.15, -0.1) is 0 Å². The summed E-state index contributed by atoms with van der Waals surface area (Å²) in [6.45, 7) is 2.15. The largest absolute Gasteiger partial charge is 0.480 e. The van der Waals surface area contributed by atoms with E-state index in [2.05, 4.69) is 5.32 Å². The van der Waals surface area contributed by atoms with Crippen LogP contribution in [0.3, 0.4) is 0 Å². The molecule has 11 heteroatoms. The molecular formula is C16H21F3N2O5S. The number of nitrogens with one attached hydrogen (secondary N) is 1. The van der Waals surface area contributed by atoms with Gasteiger partial charge >= 0.3 is 12.1 Å². The minimum Gasteiger partial charge on any atom is -0.480 e. The lowest BCUT2D eigenvalue weighted by Gasteiger charge is -2.20. The maximum atomic E-state index is 13.2. The fourth-order valence-electron chi connectivity index (χ4n) is 2.48. The zero-order chi connectivity index (χ0) is 20.4. The standard InChI is InChI=1S/C16H21F3N2O5S/c1-3-4-14(15(22)23)20-11-5-10(16(17,18)19)6-13(7-11)27(24,25)21(2)8-12-9-26-12/h5-7,12,14,20H,3-4,8-9H2,1-2H3,(H,22,23)/t12?,14-/m0/s1. The molecule has 0 saturated carbocycles. The van der Waals surface area contributed by atoms with Crippen LogP contribution in [0, 0.1) is 0 Å². The number of anilines is 1. The Morgan fingerprint density at radius 3 is 2.52 bits per heavy atom. The van der Waals surface area contributed by atoms with Crippen molar-refractivity contribution in [2.24, 2.45) is 0 Å². The van der Waals surface area contributed by atoms with Crippen molar-refractivity contribution < 1.29 is 36.2 Å². The molecule has 1 fully saturated rings. The number of epoxide rings is 1. The molecule has 0 aromatic heterocycles. The summed E-state index contributed by atoms with van der Waals surface area (Å²) in [5.41, 5.74) is -1.40. The Kier molecular flexibility index (Phi) is 6.38. The molecule has 0 radical (unpaired) electrons. The second-order valence-corrected chi connectivity index (χ2v) is 8.35. The van der Waals surface area contributed by atoms with E-state index in [1.807, 2.05) is 0 Å². The minimum atomic E-state index is -4.79. The number of sulfonamides is 1. The predicted octanol–water partition coefficient (Wildman–Crippen LogP) is 2.39. The molecule has 1 aliphatic rings. The smallest absolute Gasteiger partial charge is 0.416 e. The Balaban J connectivity index is 2.42. The number of rotatable bonds is 9. The molecule has 0 amide bonds. The number of alkyl halides is 3. The van der Waals surface area contributed by atoms with Crippen LogP contribution >= 0.6 is 0 Å². The topological polar surface area (TPSA) is 99.2 Å². The average Bonchev–Trinajstić information content (AvgIpc) is 3.37. The van der Waals surface area contributed by atoms with Crippen LogP contribution in [-0.2, 0) is 25.7 Å². The highest BCUT2D eigenvalue weighted by molar-refractivity contribution is 7.89. The third-order valence-electron chi connectivity index (χ3n) is 4.02. The first-order chi connectivity index (χ1) is 12.4. The number of carboxylic acid groups (broad SMARTS) is 1. The average molecular weight is 410 g/mol. The van der Waals surface area contributed by atoms with Gasteiger partial charge in [0.2, 0.25) is 10.0 Å². The zero-order valence-electron chi connectivity index (χ0n) is 14.8. The molecule has 27 heavy (non-hydrogen) atoms. The Hall–Kier alpha value is -1.85. The van der Waals surface area contributed by atoms with Crippen molar-refractivity contribution in [2.45, 2.75) is 43.0 Å². The number of halogens is 3. The summed E-state index contributed by atoms with van der Waals surface area (Å²) in [6, 6.07) is 1.13. The van der Waals surface area contributed by atoms with Crippen molar-refractivity contribution in [3.63, 3.8) is 0 Å². The van der Waals surface area contributed by atoms with Crippen LogP contribution in [0.25, 0.3) is 0 Å². The lowest BCUT2D eigenvalue weighted by molar-refractivity contribution is -0.138. The van der Waals surface area contributed by atoms with Gasteiger partial charge in [0, 0.05) is 19.3 Å². The van der Waals surface area contributed by atoms with Crippen molar-refractivity contribution in [3.05, 3.63) is 23.8 Å². The molecule has 2 atom stereocenters. The van der Waals surface area contributed by atoms with Gasteiger partial charge in [0.25, 0.3) is 0 Å². The fraction of sp³-hybridized carbons (Fsp3) is 0.562. The van der Waals surface area contributed by atoms with Gasteiger partial charge in [0.05, 0.1) is 23.2 Å². The van der Waals surface area contributed by atoms with Crippen LogP contribution in [0.5, 0.6) is 0 Å². The molecule has 1 unspecified atom stereocenters. The summed E-state index contributed by atoms with van der Waals surface area (Å²) >= 11 is 0. The van der Waals surface area contributed by atoms with Crippen LogP contribution in [0.1, 0.15) is 25.3 Å². The van der Waals surface area contributed by atoms with E-state index in [-0.39, 0.29) is 24.8 Å². The minimum absolute atomic E-state index is 0.0227. The Labute approximate surface area is 155 Å². The maximum Gasteiger partial charge on any atom is 0.416 e. The van der Waals surface area contributed by atoms with Gasteiger partial charge in [-0.25, -0.2) is 13.2 Å². The fourth-order valence-corrected chi connectivity index (χ4v) is 3.75. The summed E-state index contributed by atoms with van der Waals surface area (Å²) in [7, 11) is -2.95. The van der Waals surface area contributed by atoms with E-state index in [0.29, 0.717) is 25.2 Å². The number of carboxylic acids is 1. The van der Waals surface area contributed by atoms with Crippen molar-refractivity contribution >= 4 is 21.7 Å². The van der Waals surface area contributed by atoms with E-state index in [9.17, 15) is 31.5 Å². The molecule has 1 aromatic carbocycles. The number of carbonyl (C=O) groups is 1. The van der Waals surface area contributed by atoms with Gasteiger partial charge in [-0.1, -0.05) is 13.3 Å². The first-order valence-corrected chi connectivity index (χ1v) is 9.68. The van der Waals surface area contributed by atoms with Crippen molar-refractivity contribution in [2.75, 3.05) is 25.5 Å². The SMILES string of the molecule is CCC[C@H](Nc1cc(C(F)(F)F)cc(S(=O)(=O)N(C)CC2CO2)c1)C(=O)O. The molecule has 0 spiro atoms. The molecule has 7 nitrogen and oxygen atoms in total. The molecule has 2 rings (SSSR count). The molecule has 1 heterocycles. The van der Waals surface area contributed by atoms with Gasteiger partial charge in [0.15, 0.2) is 0 Å². The summed E-state index contributed by atoms with van der Waals surface area (Å²) in [5.74, 6) is -1.23. The molecule has 0 bridgehead atoms. The van der Waals surface area contributed by atoms with Crippen molar-refractivity contribution in [3.8, 4) is 0 Å². The number of benzene rings is 1. The number of hydrogen-bond acceptors (Lipinski definition) is 5. The number of ether oxygens (including phenoxy) is 1. The molecule has 1 aromatic rings. The number of aliphatic carboxylic acids is 1. The second-order valence-electron chi connectivity index (χ2n) is 6.31. The molecular weight excluding hydrogens is 389 g/mol. The zero-order valence-corrected chi connectivity index (χ0v) is 15.6. The van der Waals surface area contributed by atoms with Gasteiger partial charge in [-0.3, -0.25) is 0 Å². The van der Waals surface area contributed by atoms with E-state index in [1.165, 1.54) is 7.05 Å². The number of nitrogens with zero attached hydrogens (tertiary/aromatic N) is 1. The summed E-state index contributed by atoms with van der Waals surface area (Å²) in [6.07, 6.45) is -4.40. The van der Waals surface area contributed by atoms with Gasteiger partial charge in [0.1, 0.15) is 6.04 Å². The molecule has 1 saturated heterocycles. The number of likely N-dealkylation sites (N-methyl/N-ethyl adjacent to an activating group) is 1. The van der Waals surface area contributed by atoms with Gasteiger partial charge < -0.3 is 15.2 Å². The molecule has 2 N–H and O–H groups in total. The van der Waals surface area contributed by atoms with E-state index >= 15 is 0 Å². The van der Waals surface area contributed by atoms with E-state index in [4.69, 9.17) is 4.74 Å². The van der Waals surface area contributed by atoms with Crippen LogP contribution in [-0.4, -0.2) is 56.1 Å². The van der Waals surface area contributed by atoms with Crippen LogP contribution in [0.2, 0.25) is 0 Å². The van der Waals surface area contributed by atoms with Crippen molar-refractivity contribution in [1.29, 1.82) is 0 Å². The first-order valence-electron chi connectivity index (χ1n) is 8.24. The molecule has 0 aliphatic carbocycles. The van der Waals surface area contributed by atoms with Gasteiger partial charge in [-0.2, -0.15) is 17.5 Å².